The van der Waals surface area contributed by atoms with Gasteiger partial charge in [-0.25, -0.2) is 4.79 Å². The zero-order valence-electron chi connectivity index (χ0n) is 15.4. The smallest absolute Gasteiger partial charge is 0.319 e. The molecular formula is C21H23N3O3. The first-order valence-electron chi connectivity index (χ1n) is 8.64. The highest BCUT2D eigenvalue weighted by molar-refractivity contribution is 5.89. The van der Waals surface area contributed by atoms with Crippen molar-refractivity contribution in [2.24, 2.45) is 0 Å². The number of carbonyl (C=O) groups is 1. The molecule has 0 spiro atoms. The van der Waals surface area contributed by atoms with Crippen LogP contribution in [0.4, 0.5) is 10.5 Å². The van der Waals surface area contributed by atoms with Crippen molar-refractivity contribution < 1.29 is 14.3 Å². The quantitative estimate of drug-likeness (QED) is 0.668. The topological polar surface area (TPSA) is 64.5 Å². The van der Waals surface area contributed by atoms with Crippen molar-refractivity contribution in [1.29, 1.82) is 0 Å². The Labute approximate surface area is 158 Å². The van der Waals surface area contributed by atoms with Crippen LogP contribution in [0.1, 0.15) is 11.3 Å². The summed E-state index contributed by atoms with van der Waals surface area (Å²) in [5.41, 5.74) is 2.87. The van der Waals surface area contributed by atoms with Gasteiger partial charge in [0.1, 0.15) is 0 Å². The average Bonchev–Trinajstić information content (AvgIpc) is 3.14. The highest BCUT2D eigenvalue weighted by atomic mass is 16.5. The summed E-state index contributed by atoms with van der Waals surface area (Å²) in [4.78, 5) is 12.2. The molecule has 0 radical (unpaired) electrons. The van der Waals surface area contributed by atoms with Gasteiger partial charge in [-0.05, 0) is 29.8 Å². The van der Waals surface area contributed by atoms with Crippen LogP contribution in [0.2, 0.25) is 0 Å². The Balaban J connectivity index is 1.58. The van der Waals surface area contributed by atoms with Gasteiger partial charge in [0.25, 0.3) is 0 Å². The second kappa shape index (κ2) is 8.80. The molecule has 140 valence electrons. The fourth-order valence-corrected chi connectivity index (χ4v) is 2.80. The van der Waals surface area contributed by atoms with Crippen LogP contribution >= 0.6 is 0 Å². The third-order valence-corrected chi connectivity index (χ3v) is 4.19. The summed E-state index contributed by atoms with van der Waals surface area (Å²) >= 11 is 0. The molecule has 6 heteroatoms. The molecule has 0 aliphatic heterocycles. The summed E-state index contributed by atoms with van der Waals surface area (Å²) in [6.07, 6.45) is 2.01. The molecule has 0 unspecified atom stereocenters. The first-order chi connectivity index (χ1) is 13.2. The van der Waals surface area contributed by atoms with Crippen LogP contribution < -0.4 is 20.1 Å². The third kappa shape index (κ3) is 4.82. The first-order valence-corrected chi connectivity index (χ1v) is 8.64. The minimum Gasteiger partial charge on any atom is -0.493 e. The lowest BCUT2D eigenvalue weighted by Gasteiger charge is -2.13. The Morgan fingerprint density at radius 1 is 0.963 bits per heavy atom. The van der Waals surface area contributed by atoms with Crippen LogP contribution in [0.5, 0.6) is 11.5 Å². The van der Waals surface area contributed by atoms with E-state index in [2.05, 4.69) is 27.3 Å². The van der Waals surface area contributed by atoms with Gasteiger partial charge in [0.15, 0.2) is 11.5 Å². The monoisotopic (exact) mass is 365 g/mol. The van der Waals surface area contributed by atoms with Gasteiger partial charge in [-0.15, -0.1) is 0 Å². The maximum atomic E-state index is 12.2. The first kappa shape index (κ1) is 18.4. The number of urea groups is 1. The molecule has 0 saturated heterocycles. The molecule has 0 aliphatic rings. The number of nitrogens with zero attached hydrogens (tertiary/aromatic N) is 1. The standard InChI is InChI=1S/C21H23N3O3/c1-26-19-11-10-17(13-20(19)27-2)23-21(25)22-14-18-9-6-12-24(18)15-16-7-4-3-5-8-16/h3-13H,14-15H2,1-2H3,(H2,22,23,25). The number of aromatic nitrogens is 1. The van der Waals surface area contributed by atoms with E-state index in [-0.39, 0.29) is 6.03 Å². The van der Waals surface area contributed by atoms with Crippen molar-refractivity contribution in [3.8, 4) is 11.5 Å². The number of methoxy groups -OCH3 is 2. The molecule has 0 aliphatic carbocycles. The maximum absolute atomic E-state index is 12.2. The maximum Gasteiger partial charge on any atom is 0.319 e. The van der Waals surface area contributed by atoms with E-state index in [1.165, 1.54) is 5.56 Å². The fraction of sp³-hybridized carbons (Fsp3) is 0.190. The van der Waals surface area contributed by atoms with Gasteiger partial charge in [-0.2, -0.15) is 0 Å². The predicted octanol–water partition coefficient (Wildman–Crippen LogP) is 3.88. The minimum atomic E-state index is -0.283. The Morgan fingerprint density at radius 3 is 2.48 bits per heavy atom. The normalized spacial score (nSPS) is 10.3. The van der Waals surface area contributed by atoms with Gasteiger partial charge in [0.2, 0.25) is 0 Å². The van der Waals surface area contributed by atoms with E-state index >= 15 is 0 Å². The van der Waals surface area contributed by atoms with Crippen molar-refractivity contribution in [1.82, 2.24) is 9.88 Å². The lowest BCUT2D eigenvalue weighted by atomic mass is 10.2. The van der Waals surface area contributed by atoms with E-state index in [0.29, 0.717) is 23.7 Å². The van der Waals surface area contributed by atoms with E-state index in [1.54, 1.807) is 32.4 Å². The van der Waals surface area contributed by atoms with Crippen LogP contribution in [0.25, 0.3) is 0 Å². The zero-order valence-corrected chi connectivity index (χ0v) is 15.4. The van der Waals surface area contributed by atoms with Gasteiger partial charge < -0.3 is 24.7 Å². The van der Waals surface area contributed by atoms with Crippen LogP contribution in [0, 0.1) is 0 Å². The van der Waals surface area contributed by atoms with E-state index in [4.69, 9.17) is 9.47 Å². The van der Waals surface area contributed by atoms with Crippen molar-refractivity contribution in [2.75, 3.05) is 19.5 Å². The predicted molar refractivity (Wildman–Crippen MR) is 105 cm³/mol. The summed E-state index contributed by atoms with van der Waals surface area (Å²) in [6, 6.07) is 19.1. The Kier molecular flexibility index (Phi) is 5.99. The van der Waals surface area contributed by atoms with Crippen LogP contribution in [0.15, 0.2) is 66.9 Å². The fourth-order valence-electron chi connectivity index (χ4n) is 2.80. The highest BCUT2D eigenvalue weighted by Gasteiger charge is 2.08. The number of ether oxygens (including phenoxy) is 2. The number of carbonyl (C=O) groups excluding carboxylic acids is 1. The van der Waals surface area contributed by atoms with Crippen molar-refractivity contribution in [3.05, 3.63) is 78.1 Å². The molecule has 3 rings (SSSR count). The molecule has 0 saturated carbocycles. The molecule has 0 fully saturated rings. The number of amides is 2. The van der Waals surface area contributed by atoms with E-state index in [1.807, 2.05) is 36.5 Å². The van der Waals surface area contributed by atoms with E-state index in [9.17, 15) is 4.79 Å². The van der Waals surface area contributed by atoms with Crippen LogP contribution in [0.3, 0.4) is 0 Å². The molecule has 2 aromatic carbocycles. The second-order valence-electron chi connectivity index (χ2n) is 5.99. The molecule has 3 aromatic rings. The average molecular weight is 365 g/mol. The summed E-state index contributed by atoms with van der Waals surface area (Å²) in [6.45, 7) is 1.20. The van der Waals surface area contributed by atoms with E-state index in [0.717, 1.165) is 12.2 Å². The number of hydrogen-bond acceptors (Lipinski definition) is 3. The Bertz CT molecular complexity index is 891. The highest BCUT2D eigenvalue weighted by Crippen LogP contribution is 2.29. The van der Waals surface area contributed by atoms with Crippen molar-refractivity contribution >= 4 is 11.7 Å². The summed E-state index contributed by atoms with van der Waals surface area (Å²) in [7, 11) is 3.13. The molecule has 6 nitrogen and oxygen atoms in total. The lowest BCUT2D eigenvalue weighted by molar-refractivity contribution is 0.251. The Morgan fingerprint density at radius 2 is 1.74 bits per heavy atom. The Hall–Kier alpha value is -3.41. The van der Waals surface area contributed by atoms with Gasteiger partial charge in [0, 0.05) is 30.2 Å². The van der Waals surface area contributed by atoms with Gasteiger partial charge in [-0.3, -0.25) is 0 Å². The number of hydrogen-bond donors (Lipinski definition) is 2. The van der Waals surface area contributed by atoms with E-state index < -0.39 is 0 Å². The van der Waals surface area contributed by atoms with Gasteiger partial charge >= 0.3 is 6.03 Å². The zero-order chi connectivity index (χ0) is 19.1. The van der Waals surface area contributed by atoms with Crippen molar-refractivity contribution in [3.63, 3.8) is 0 Å². The van der Waals surface area contributed by atoms with Crippen LogP contribution in [-0.2, 0) is 13.1 Å². The SMILES string of the molecule is COc1ccc(NC(=O)NCc2cccn2Cc2ccccc2)cc1OC. The van der Waals surface area contributed by atoms with Gasteiger partial charge in [0.05, 0.1) is 20.8 Å². The number of anilines is 1. The molecule has 0 atom stereocenters. The molecule has 2 amide bonds. The molecule has 1 aromatic heterocycles. The molecule has 1 heterocycles. The molecular weight excluding hydrogens is 342 g/mol. The van der Waals surface area contributed by atoms with Crippen LogP contribution in [-0.4, -0.2) is 24.8 Å². The lowest BCUT2D eigenvalue weighted by Crippen LogP contribution is -2.29. The van der Waals surface area contributed by atoms with Crippen molar-refractivity contribution in [2.45, 2.75) is 13.1 Å². The number of rotatable bonds is 7. The molecule has 0 bridgehead atoms. The minimum absolute atomic E-state index is 0.283. The second-order valence-corrected chi connectivity index (χ2v) is 5.99. The molecule has 2 N–H and O–H groups in total. The summed E-state index contributed by atoms with van der Waals surface area (Å²) in [5.74, 6) is 1.18. The largest absolute Gasteiger partial charge is 0.493 e. The summed E-state index contributed by atoms with van der Waals surface area (Å²) in [5, 5.41) is 5.69. The summed E-state index contributed by atoms with van der Waals surface area (Å²) < 4.78 is 12.6. The third-order valence-electron chi connectivity index (χ3n) is 4.19. The number of benzene rings is 2. The number of nitrogens with one attached hydrogen (secondary N) is 2. The molecule has 27 heavy (non-hydrogen) atoms. The van der Waals surface area contributed by atoms with Gasteiger partial charge in [-0.1, -0.05) is 30.3 Å².